The van der Waals surface area contributed by atoms with Gasteiger partial charge in [-0.1, -0.05) is 64.7 Å². The van der Waals surface area contributed by atoms with E-state index < -0.39 is 0 Å². The molecule has 2 aromatic rings. The van der Waals surface area contributed by atoms with Gasteiger partial charge in [-0.2, -0.15) is 0 Å². The average Bonchev–Trinajstić information content (AvgIpc) is 2.72. The molecule has 0 spiro atoms. The summed E-state index contributed by atoms with van der Waals surface area (Å²) in [5, 5.41) is 11.5. The van der Waals surface area contributed by atoms with E-state index in [0.717, 1.165) is 11.1 Å². The molecular weight excluding hydrogens is 357 g/mol. The van der Waals surface area contributed by atoms with Crippen LogP contribution in [0.25, 0.3) is 0 Å². The van der Waals surface area contributed by atoms with Gasteiger partial charge in [-0.3, -0.25) is 4.79 Å². The number of halogens is 2. The molecule has 0 atom stereocenters. The van der Waals surface area contributed by atoms with E-state index in [0.29, 0.717) is 21.4 Å². The molecule has 5 heteroatoms. The summed E-state index contributed by atoms with van der Waals surface area (Å²) in [4.78, 5) is 13.1. The van der Waals surface area contributed by atoms with Gasteiger partial charge in [0.15, 0.2) is 5.78 Å². The molecule has 0 unspecified atom stereocenters. The lowest BCUT2D eigenvalue weighted by molar-refractivity contribution is 0.103. The lowest BCUT2D eigenvalue weighted by atomic mass is 9.78. The van der Waals surface area contributed by atoms with Crippen molar-refractivity contribution in [1.82, 2.24) is 4.57 Å². The molecule has 136 valence electrons. The number of aromatic hydroxyl groups is 1. The van der Waals surface area contributed by atoms with E-state index in [-0.39, 0.29) is 22.4 Å². The number of aromatic nitrogens is 1. The number of hydrogen-bond acceptors (Lipinski definition) is 2. The second kappa shape index (κ2) is 6.37. The van der Waals surface area contributed by atoms with E-state index in [1.165, 1.54) is 0 Å². The Labute approximate surface area is 159 Å². The van der Waals surface area contributed by atoms with Gasteiger partial charge >= 0.3 is 0 Å². The van der Waals surface area contributed by atoms with E-state index in [2.05, 4.69) is 0 Å². The summed E-state index contributed by atoms with van der Waals surface area (Å²) in [5.41, 5.74) is 1.72. The number of phenolic OH excluding ortho intramolecular Hbond substituents is 1. The molecule has 0 aliphatic carbocycles. The van der Waals surface area contributed by atoms with Gasteiger partial charge in [0, 0.05) is 23.7 Å². The molecular formula is C20H25Cl2NO2. The molecule has 0 aliphatic heterocycles. The van der Waals surface area contributed by atoms with Crippen molar-refractivity contribution in [2.24, 2.45) is 7.05 Å². The highest BCUT2D eigenvalue weighted by Crippen LogP contribution is 2.40. The number of carbonyl (C=O) groups excluding carboxylic acids is 1. The van der Waals surface area contributed by atoms with Crippen LogP contribution in [0.5, 0.6) is 5.75 Å². The average molecular weight is 382 g/mol. The van der Waals surface area contributed by atoms with Crippen LogP contribution < -0.4 is 0 Å². The first-order valence-electron chi connectivity index (χ1n) is 8.18. The van der Waals surface area contributed by atoms with Crippen molar-refractivity contribution < 1.29 is 9.90 Å². The molecule has 1 heterocycles. The highest BCUT2D eigenvalue weighted by Gasteiger charge is 2.29. The third-order valence-corrected chi connectivity index (χ3v) is 5.15. The quantitative estimate of drug-likeness (QED) is 0.661. The maximum Gasteiger partial charge on any atom is 0.196 e. The van der Waals surface area contributed by atoms with Crippen LogP contribution in [0, 0.1) is 0 Å². The normalized spacial score (nSPS) is 12.5. The van der Waals surface area contributed by atoms with E-state index in [9.17, 15) is 9.90 Å². The summed E-state index contributed by atoms with van der Waals surface area (Å²) < 4.78 is 1.56. The lowest BCUT2D eigenvalue weighted by Gasteiger charge is -2.28. The molecule has 0 aliphatic rings. The van der Waals surface area contributed by atoms with Crippen LogP contribution in [0.4, 0.5) is 0 Å². The Hall–Kier alpha value is -1.45. The summed E-state index contributed by atoms with van der Waals surface area (Å²) in [6.07, 6.45) is 0. The van der Waals surface area contributed by atoms with Crippen LogP contribution in [0.3, 0.4) is 0 Å². The van der Waals surface area contributed by atoms with Crippen molar-refractivity contribution in [2.75, 3.05) is 0 Å². The molecule has 3 nitrogen and oxygen atoms in total. The molecule has 0 amide bonds. The first-order valence-corrected chi connectivity index (χ1v) is 8.94. The minimum atomic E-state index is -0.307. The molecule has 25 heavy (non-hydrogen) atoms. The van der Waals surface area contributed by atoms with E-state index in [1.807, 2.05) is 41.5 Å². The molecule has 1 aromatic carbocycles. The number of ketones is 1. The molecule has 2 rings (SSSR count). The van der Waals surface area contributed by atoms with Crippen LogP contribution in [0.2, 0.25) is 10.3 Å². The number of phenols is 1. The fraction of sp³-hybridized carbons (Fsp3) is 0.450. The zero-order valence-electron chi connectivity index (χ0n) is 15.8. The highest BCUT2D eigenvalue weighted by atomic mass is 35.5. The number of nitrogens with zero attached hydrogens (tertiary/aromatic N) is 1. The highest BCUT2D eigenvalue weighted by molar-refractivity contribution is 6.37. The number of benzene rings is 1. The molecule has 1 N–H and O–H groups in total. The Morgan fingerprint density at radius 1 is 0.960 bits per heavy atom. The summed E-state index contributed by atoms with van der Waals surface area (Å²) in [5.74, 6) is 0.0391. The van der Waals surface area contributed by atoms with Crippen molar-refractivity contribution in [3.63, 3.8) is 0 Å². The third kappa shape index (κ3) is 3.73. The van der Waals surface area contributed by atoms with Crippen molar-refractivity contribution >= 4 is 29.0 Å². The maximum absolute atomic E-state index is 13.1. The second-order valence-corrected chi connectivity index (χ2v) is 9.22. The van der Waals surface area contributed by atoms with Gasteiger partial charge in [0.25, 0.3) is 0 Å². The maximum atomic E-state index is 13.1. The Kier molecular flexibility index (Phi) is 5.06. The topological polar surface area (TPSA) is 42.2 Å². The summed E-state index contributed by atoms with van der Waals surface area (Å²) in [7, 11) is 1.71. The largest absolute Gasteiger partial charge is 0.507 e. The van der Waals surface area contributed by atoms with Gasteiger partial charge in [-0.15, -0.1) is 0 Å². The Bertz CT molecular complexity index is 802. The molecule has 0 fully saturated rings. The van der Waals surface area contributed by atoms with E-state index >= 15 is 0 Å². The van der Waals surface area contributed by atoms with Crippen LogP contribution >= 0.6 is 23.2 Å². The molecule has 0 saturated carbocycles. The van der Waals surface area contributed by atoms with Gasteiger partial charge in [0.1, 0.15) is 16.1 Å². The van der Waals surface area contributed by atoms with Crippen LogP contribution in [-0.2, 0) is 17.9 Å². The molecule has 1 aromatic heterocycles. The van der Waals surface area contributed by atoms with E-state index in [4.69, 9.17) is 23.2 Å². The Morgan fingerprint density at radius 3 is 1.72 bits per heavy atom. The second-order valence-electron chi connectivity index (χ2n) is 8.48. The minimum Gasteiger partial charge on any atom is -0.507 e. The fourth-order valence-electron chi connectivity index (χ4n) is 2.77. The van der Waals surface area contributed by atoms with Crippen LogP contribution in [0.1, 0.15) is 68.6 Å². The lowest BCUT2D eigenvalue weighted by Crippen LogP contribution is -2.19. The summed E-state index contributed by atoms with van der Waals surface area (Å²) in [6.45, 7) is 12.1. The monoisotopic (exact) mass is 381 g/mol. The zero-order valence-corrected chi connectivity index (χ0v) is 17.3. The van der Waals surface area contributed by atoms with Gasteiger partial charge in [0.05, 0.1) is 5.56 Å². The SMILES string of the molecule is Cn1c(Cl)cc(C(=O)c2cc(C(C)(C)C)c(O)c(C(C)(C)C)c2)c1Cl. The van der Waals surface area contributed by atoms with Crippen molar-refractivity contribution in [1.29, 1.82) is 0 Å². The van der Waals surface area contributed by atoms with Crippen molar-refractivity contribution in [3.05, 3.63) is 50.8 Å². The van der Waals surface area contributed by atoms with Crippen LogP contribution in [0.15, 0.2) is 18.2 Å². The minimum absolute atomic E-state index is 0.205. The van der Waals surface area contributed by atoms with Gasteiger partial charge < -0.3 is 9.67 Å². The van der Waals surface area contributed by atoms with Crippen molar-refractivity contribution in [3.8, 4) is 5.75 Å². The van der Waals surface area contributed by atoms with Crippen molar-refractivity contribution in [2.45, 2.75) is 52.4 Å². The standard InChI is InChI=1S/C20H25Cl2NO2/c1-19(2,3)13-8-11(9-14(17(13)25)20(4,5)6)16(24)12-10-15(21)23(7)18(12)22/h8-10,25H,1-7H3. The van der Waals surface area contributed by atoms with Crippen LogP contribution in [-0.4, -0.2) is 15.5 Å². The fourth-order valence-corrected chi connectivity index (χ4v) is 3.24. The first-order chi connectivity index (χ1) is 11.2. The number of carbonyl (C=O) groups is 1. The predicted molar refractivity (Wildman–Crippen MR) is 104 cm³/mol. The number of hydrogen-bond donors (Lipinski definition) is 1. The zero-order chi connectivity index (χ0) is 19.3. The predicted octanol–water partition coefficient (Wildman–Crippen LogP) is 5.86. The summed E-state index contributed by atoms with van der Waals surface area (Å²) in [6, 6.07) is 5.08. The smallest absolute Gasteiger partial charge is 0.196 e. The number of rotatable bonds is 2. The Balaban J connectivity index is 2.73. The molecule has 0 saturated heterocycles. The van der Waals surface area contributed by atoms with E-state index in [1.54, 1.807) is 29.8 Å². The third-order valence-electron chi connectivity index (χ3n) is 4.33. The van der Waals surface area contributed by atoms with Gasteiger partial charge in [-0.05, 0) is 29.0 Å². The summed E-state index contributed by atoms with van der Waals surface area (Å²) >= 11 is 12.3. The van der Waals surface area contributed by atoms with Gasteiger partial charge in [0.2, 0.25) is 0 Å². The van der Waals surface area contributed by atoms with Gasteiger partial charge in [-0.25, -0.2) is 0 Å². The first kappa shape index (κ1) is 19.9. The molecule has 0 radical (unpaired) electrons. The molecule has 0 bridgehead atoms. The Morgan fingerprint density at radius 2 is 1.40 bits per heavy atom.